The lowest BCUT2D eigenvalue weighted by molar-refractivity contribution is -0.136. The number of carbonyl (C=O) groups excluding carboxylic acids is 1. The highest BCUT2D eigenvalue weighted by Crippen LogP contribution is 2.39. The van der Waals surface area contributed by atoms with Gasteiger partial charge in [-0.05, 0) is 29.8 Å². The fourth-order valence-electron chi connectivity index (χ4n) is 3.04. The molecule has 4 rings (SSSR count). The number of para-hydroxylation sites is 1. The van der Waals surface area contributed by atoms with Gasteiger partial charge in [-0.25, -0.2) is 9.37 Å². The van der Waals surface area contributed by atoms with Crippen LogP contribution in [-0.4, -0.2) is 24.0 Å². The molecular weight excluding hydrogens is 394 g/mol. The molecule has 1 amide bonds. The quantitative estimate of drug-likeness (QED) is 0.657. The molecular formula is C19H15F4N3OS. The van der Waals surface area contributed by atoms with Crippen LogP contribution in [0.25, 0.3) is 10.2 Å². The normalized spacial score (nSPS) is 14.9. The van der Waals surface area contributed by atoms with Crippen LogP contribution >= 0.6 is 11.3 Å². The lowest BCUT2D eigenvalue weighted by Gasteiger charge is -2.37. The summed E-state index contributed by atoms with van der Waals surface area (Å²) < 4.78 is 52.7. The number of thiazole rings is 1. The van der Waals surface area contributed by atoms with Crippen molar-refractivity contribution in [3.63, 3.8) is 0 Å². The average molecular weight is 409 g/mol. The number of rotatable bonds is 4. The first-order chi connectivity index (χ1) is 13.3. The molecule has 2 aromatic carbocycles. The van der Waals surface area contributed by atoms with Crippen molar-refractivity contribution >= 4 is 32.6 Å². The zero-order valence-corrected chi connectivity index (χ0v) is 15.3. The minimum atomic E-state index is -4.46. The summed E-state index contributed by atoms with van der Waals surface area (Å²) in [6.07, 6.45) is -4.46. The molecule has 146 valence electrons. The number of hydrogen-bond donors (Lipinski definition) is 1. The Labute approximate surface area is 161 Å². The van der Waals surface area contributed by atoms with Gasteiger partial charge in [-0.15, -0.1) is 0 Å². The Morgan fingerprint density at radius 3 is 2.57 bits per heavy atom. The Balaban J connectivity index is 1.38. The van der Waals surface area contributed by atoms with Crippen molar-refractivity contribution in [2.75, 3.05) is 18.0 Å². The molecule has 2 heterocycles. The van der Waals surface area contributed by atoms with Gasteiger partial charge in [0, 0.05) is 19.6 Å². The molecule has 1 aliphatic heterocycles. The van der Waals surface area contributed by atoms with E-state index in [-0.39, 0.29) is 23.2 Å². The monoisotopic (exact) mass is 409 g/mol. The largest absolute Gasteiger partial charge is 0.418 e. The van der Waals surface area contributed by atoms with Crippen molar-refractivity contribution in [1.29, 1.82) is 0 Å². The third-order valence-corrected chi connectivity index (χ3v) is 5.70. The lowest BCUT2D eigenvalue weighted by atomic mass is 10.00. The van der Waals surface area contributed by atoms with E-state index in [1.807, 2.05) is 0 Å². The Morgan fingerprint density at radius 1 is 1.18 bits per heavy atom. The molecule has 0 aliphatic carbocycles. The SMILES string of the molecule is O=C(NCc1ccc(F)cc1)C1CN(c2nc3c(C(F)(F)F)cccc3s2)C1. The highest BCUT2D eigenvalue weighted by atomic mass is 32.1. The van der Waals surface area contributed by atoms with E-state index in [1.165, 1.54) is 29.5 Å². The third kappa shape index (κ3) is 3.66. The van der Waals surface area contributed by atoms with Gasteiger partial charge in [-0.1, -0.05) is 29.5 Å². The fourth-order valence-corrected chi connectivity index (χ4v) is 4.05. The second kappa shape index (κ2) is 7.05. The van der Waals surface area contributed by atoms with Crippen LogP contribution in [0.15, 0.2) is 42.5 Å². The number of benzene rings is 2. The summed E-state index contributed by atoms with van der Waals surface area (Å²) in [4.78, 5) is 18.2. The van der Waals surface area contributed by atoms with Gasteiger partial charge in [-0.2, -0.15) is 13.2 Å². The Morgan fingerprint density at radius 2 is 1.89 bits per heavy atom. The summed E-state index contributed by atoms with van der Waals surface area (Å²) in [5.41, 5.74) is -0.0161. The topological polar surface area (TPSA) is 45.2 Å². The number of carbonyl (C=O) groups is 1. The summed E-state index contributed by atoms with van der Waals surface area (Å²) in [6, 6.07) is 9.86. The first-order valence-electron chi connectivity index (χ1n) is 8.55. The summed E-state index contributed by atoms with van der Waals surface area (Å²) in [7, 11) is 0. The van der Waals surface area contributed by atoms with E-state index < -0.39 is 11.7 Å². The van der Waals surface area contributed by atoms with E-state index in [4.69, 9.17) is 0 Å². The third-order valence-electron chi connectivity index (χ3n) is 4.62. The van der Waals surface area contributed by atoms with Gasteiger partial charge >= 0.3 is 6.18 Å². The van der Waals surface area contributed by atoms with Crippen LogP contribution in [0.5, 0.6) is 0 Å². The van der Waals surface area contributed by atoms with Gasteiger partial charge in [0.2, 0.25) is 5.91 Å². The molecule has 4 nitrogen and oxygen atoms in total. The summed E-state index contributed by atoms with van der Waals surface area (Å²) >= 11 is 1.18. The number of aromatic nitrogens is 1. The molecule has 0 atom stereocenters. The number of nitrogens with one attached hydrogen (secondary N) is 1. The standard InChI is InChI=1S/C19H15F4N3OS/c20-13-6-4-11(5-7-13)8-24-17(27)12-9-26(10-12)18-25-16-14(19(21,22)23)2-1-3-15(16)28-18/h1-7,12H,8-10H2,(H,24,27). The van der Waals surface area contributed by atoms with Gasteiger partial charge in [0.15, 0.2) is 5.13 Å². The van der Waals surface area contributed by atoms with Crippen LogP contribution in [0.4, 0.5) is 22.7 Å². The van der Waals surface area contributed by atoms with Crippen LogP contribution in [0.2, 0.25) is 0 Å². The lowest BCUT2D eigenvalue weighted by Crippen LogP contribution is -2.53. The highest BCUT2D eigenvalue weighted by molar-refractivity contribution is 7.22. The molecule has 1 aromatic heterocycles. The number of fused-ring (bicyclic) bond motifs is 1. The van der Waals surface area contributed by atoms with Crippen LogP contribution < -0.4 is 10.2 Å². The minimum Gasteiger partial charge on any atom is -0.352 e. The number of halogens is 4. The Kier molecular flexibility index (Phi) is 4.70. The number of alkyl halides is 3. The maximum atomic E-state index is 13.1. The predicted octanol–water partition coefficient (Wildman–Crippen LogP) is 4.21. The Hall–Kier alpha value is -2.68. The molecule has 1 aliphatic rings. The van der Waals surface area contributed by atoms with Crippen molar-refractivity contribution in [3.8, 4) is 0 Å². The zero-order chi connectivity index (χ0) is 19.9. The number of hydrogen-bond acceptors (Lipinski definition) is 4. The van der Waals surface area contributed by atoms with Crippen LogP contribution in [0, 0.1) is 11.7 Å². The fraction of sp³-hybridized carbons (Fsp3) is 0.263. The average Bonchev–Trinajstić information content (AvgIpc) is 3.02. The smallest absolute Gasteiger partial charge is 0.352 e. The van der Waals surface area contributed by atoms with E-state index >= 15 is 0 Å². The van der Waals surface area contributed by atoms with E-state index in [1.54, 1.807) is 23.1 Å². The molecule has 0 unspecified atom stereocenters. The first-order valence-corrected chi connectivity index (χ1v) is 9.37. The van der Waals surface area contributed by atoms with Crippen molar-refractivity contribution in [1.82, 2.24) is 10.3 Å². The van der Waals surface area contributed by atoms with Crippen LogP contribution in [-0.2, 0) is 17.5 Å². The second-order valence-electron chi connectivity index (χ2n) is 6.59. The summed E-state index contributed by atoms with van der Waals surface area (Å²) in [5.74, 6) is -0.735. The molecule has 1 saturated heterocycles. The van der Waals surface area contributed by atoms with Crippen molar-refractivity contribution in [2.24, 2.45) is 5.92 Å². The van der Waals surface area contributed by atoms with Crippen molar-refractivity contribution in [2.45, 2.75) is 12.7 Å². The minimum absolute atomic E-state index is 0.0563. The molecule has 0 radical (unpaired) electrons. The zero-order valence-electron chi connectivity index (χ0n) is 14.5. The highest BCUT2D eigenvalue weighted by Gasteiger charge is 2.37. The molecule has 9 heteroatoms. The molecule has 1 N–H and O–H groups in total. The molecule has 28 heavy (non-hydrogen) atoms. The van der Waals surface area contributed by atoms with Gasteiger partial charge in [0.25, 0.3) is 0 Å². The summed E-state index contributed by atoms with van der Waals surface area (Å²) in [6.45, 7) is 1.10. The van der Waals surface area contributed by atoms with Crippen LogP contribution in [0.3, 0.4) is 0 Å². The maximum absolute atomic E-state index is 13.1. The maximum Gasteiger partial charge on any atom is 0.418 e. The second-order valence-corrected chi connectivity index (χ2v) is 7.60. The molecule has 3 aromatic rings. The van der Waals surface area contributed by atoms with Gasteiger partial charge in [0.1, 0.15) is 5.82 Å². The van der Waals surface area contributed by atoms with Gasteiger partial charge < -0.3 is 10.2 Å². The van der Waals surface area contributed by atoms with E-state index in [0.717, 1.165) is 11.6 Å². The van der Waals surface area contributed by atoms with Crippen molar-refractivity contribution in [3.05, 3.63) is 59.4 Å². The van der Waals surface area contributed by atoms with Gasteiger partial charge in [-0.3, -0.25) is 4.79 Å². The molecule has 0 spiro atoms. The van der Waals surface area contributed by atoms with E-state index in [2.05, 4.69) is 10.3 Å². The first kappa shape index (κ1) is 18.7. The molecule has 0 bridgehead atoms. The molecule has 1 fully saturated rings. The number of amides is 1. The predicted molar refractivity (Wildman–Crippen MR) is 98.6 cm³/mol. The van der Waals surface area contributed by atoms with Gasteiger partial charge in [0.05, 0.1) is 21.7 Å². The van der Waals surface area contributed by atoms with Crippen LogP contribution in [0.1, 0.15) is 11.1 Å². The Bertz CT molecular complexity index is 1010. The van der Waals surface area contributed by atoms with Crippen molar-refractivity contribution < 1.29 is 22.4 Å². The molecule has 0 saturated carbocycles. The number of anilines is 1. The van der Waals surface area contributed by atoms with E-state index in [9.17, 15) is 22.4 Å². The number of nitrogens with zero attached hydrogens (tertiary/aromatic N) is 2. The van der Waals surface area contributed by atoms with E-state index in [0.29, 0.717) is 29.5 Å². The summed E-state index contributed by atoms with van der Waals surface area (Å²) in [5, 5.41) is 3.27.